The van der Waals surface area contributed by atoms with Gasteiger partial charge in [0, 0.05) is 30.5 Å². The monoisotopic (exact) mass is 275 g/mol. The fourth-order valence-corrected chi connectivity index (χ4v) is 3.45. The topological polar surface area (TPSA) is 46.9 Å². The van der Waals surface area contributed by atoms with Crippen molar-refractivity contribution >= 4 is 28.4 Å². The van der Waals surface area contributed by atoms with Crippen LogP contribution in [0, 0.1) is 0 Å². The van der Waals surface area contributed by atoms with E-state index in [9.17, 15) is 4.79 Å². The van der Waals surface area contributed by atoms with Gasteiger partial charge in [0.15, 0.2) is 5.78 Å². The van der Waals surface area contributed by atoms with Crippen LogP contribution in [-0.4, -0.2) is 39.7 Å². The summed E-state index contributed by atoms with van der Waals surface area (Å²) in [4.78, 5) is 12.3. The molecule has 19 heavy (non-hydrogen) atoms. The maximum absolute atomic E-state index is 12.3. The quantitative estimate of drug-likeness (QED) is 0.919. The molecule has 0 bridgehead atoms. The molecule has 1 aromatic carbocycles. The van der Waals surface area contributed by atoms with Crippen LogP contribution >= 0.6 is 11.8 Å². The summed E-state index contributed by atoms with van der Waals surface area (Å²) in [6.45, 7) is 0.921. The molecule has 1 N–H and O–H groups in total. The first kappa shape index (κ1) is 12.7. The number of benzene rings is 1. The molecule has 3 rings (SSSR count). The van der Waals surface area contributed by atoms with Crippen LogP contribution < -0.4 is 5.32 Å². The van der Waals surface area contributed by atoms with Gasteiger partial charge in [-0.3, -0.25) is 9.48 Å². The summed E-state index contributed by atoms with van der Waals surface area (Å²) in [5.41, 5.74) is 1.97. The van der Waals surface area contributed by atoms with Crippen LogP contribution in [0.4, 0.5) is 0 Å². The third-order valence-electron chi connectivity index (χ3n) is 3.49. The number of carbonyl (C=O) groups excluding carboxylic acids is 1. The number of rotatable bonds is 3. The highest BCUT2D eigenvalue weighted by Crippen LogP contribution is 2.19. The van der Waals surface area contributed by atoms with E-state index in [1.54, 1.807) is 0 Å². The van der Waals surface area contributed by atoms with Crippen molar-refractivity contribution in [3.8, 4) is 0 Å². The van der Waals surface area contributed by atoms with E-state index < -0.39 is 0 Å². The number of nitrogens with zero attached hydrogens (tertiary/aromatic N) is 2. The zero-order valence-corrected chi connectivity index (χ0v) is 11.7. The zero-order chi connectivity index (χ0) is 13.2. The minimum Gasteiger partial charge on any atom is -0.306 e. The highest BCUT2D eigenvalue weighted by molar-refractivity contribution is 7.99. The van der Waals surface area contributed by atoms with E-state index >= 15 is 0 Å². The summed E-state index contributed by atoms with van der Waals surface area (Å²) in [7, 11) is 1.92. The van der Waals surface area contributed by atoms with Crippen LogP contribution in [-0.2, 0) is 18.3 Å². The third kappa shape index (κ3) is 2.53. The van der Waals surface area contributed by atoms with Crippen molar-refractivity contribution in [2.24, 2.45) is 7.05 Å². The normalized spacial score (nSPS) is 19.7. The number of aromatic nitrogens is 2. The number of thioether (sulfide) groups is 1. The molecule has 100 valence electrons. The maximum atomic E-state index is 12.3. The van der Waals surface area contributed by atoms with Crippen molar-refractivity contribution in [1.29, 1.82) is 0 Å². The lowest BCUT2D eigenvalue weighted by Gasteiger charge is -2.21. The predicted octanol–water partition coefficient (Wildman–Crippen LogP) is 1.39. The van der Waals surface area contributed by atoms with Crippen LogP contribution in [0.15, 0.2) is 24.3 Å². The molecular formula is C14H17N3OS. The van der Waals surface area contributed by atoms with Gasteiger partial charge in [-0.1, -0.05) is 18.2 Å². The number of nitrogens with one attached hydrogen (secondary N) is 1. The molecule has 1 aliphatic heterocycles. The van der Waals surface area contributed by atoms with Gasteiger partial charge in [-0.05, 0) is 6.07 Å². The van der Waals surface area contributed by atoms with Crippen molar-refractivity contribution in [3.63, 3.8) is 0 Å². The van der Waals surface area contributed by atoms with Crippen LogP contribution in [0.3, 0.4) is 0 Å². The van der Waals surface area contributed by atoms with Crippen molar-refractivity contribution in [3.05, 3.63) is 30.0 Å². The molecule has 0 saturated carbocycles. The molecule has 1 fully saturated rings. The van der Waals surface area contributed by atoms with E-state index in [-0.39, 0.29) is 11.8 Å². The Kier molecular flexibility index (Phi) is 3.57. The molecule has 0 radical (unpaired) electrons. The molecule has 1 atom stereocenters. The Hall–Kier alpha value is -1.33. The number of aryl methyl sites for hydroxylation is 1. The summed E-state index contributed by atoms with van der Waals surface area (Å²) in [5.74, 6) is 2.22. The van der Waals surface area contributed by atoms with Crippen molar-refractivity contribution in [2.45, 2.75) is 12.5 Å². The lowest BCUT2D eigenvalue weighted by Crippen LogP contribution is -2.44. The number of hydrogen-bond donors (Lipinski definition) is 1. The molecule has 5 heteroatoms. The Bertz CT molecular complexity index is 602. The Morgan fingerprint density at radius 2 is 2.37 bits per heavy atom. The fraction of sp³-hybridized carbons (Fsp3) is 0.429. The number of ketones is 1. The first-order valence-electron chi connectivity index (χ1n) is 6.50. The molecule has 1 unspecified atom stereocenters. The summed E-state index contributed by atoms with van der Waals surface area (Å²) in [6.07, 6.45) is 0.416. The molecule has 1 aliphatic rings. The fourth-order valence-electron chi connectivity index (χ4n) is 2.48. The largest absolute Gasteiger partial charge is 0.306 e. The Morgan fingerprint density at radius 3 is 3.16 bits per heavy atom. The van der Waals surface area contributed by atoms with Crippen LogP contribution in [0.25, 0.3) is 10.9 Å². The van der Waals surface area contributed by atoms with Crippen molar-refractivity contribution in [2.75, 3.05) is 18.1 Å². The highest BCUT2D eigenvalue weighted by atomic mass is 32.2. The van der Waals surface area contributed by atoms with Gasteiger partial charge in [0.05, 0.1) is 23.7 Å². The molecule has 0 amide bonds. The number of fused-ring (bicyclic) bond motifs is 1. The first-order valence-corrected chi connectivity index (χ1v) is 7.65. The van der Waals surface area contributed by atoms with E-state index in [0.29, 0.717) is 6.42 Å². The third-order valence-corrected chi connectivity index (χ3v) is 4.55. The number of Topliss-reactive ketones (excluding diaryl/α,β-unsaturated/α-hetero) is 1. The summed E-state index contributed by atoms with van der Waals surface area (Å²) < 4.78 is 1.85. The number of carbonyl (C=O) groups is 1. The smallest absolute Gasteiger partial charge is 0.156 e. The Balaban J connectivity index is 1.83. The van der Waals surface area contributed by atoms with E-state index in [1.807, 2.05) is 47.8 Å². The number of para-hydroxylation sites is 1. The average molecular weight is 275 g/mol. The zero-order valence-electron chi connectivity index (χ0n) is 10.9. The molecule has 2 aromatic rings. The van der Waals surface area contributed by atoms with E-state index in [1.165, 1.54) is 0 Å². The molecule has 1 aromatic heterocycles. The predicted molar refractivity (Wildman–Crippen MR) is 78.5 cm³/mol. The highest BCUT2D eigenvalue weighted by Gasteiger charge is 2.22. The van der Waals surface area contributed by atoms with Crippen LogP contribution in [0.1, 0.15) is 5.69 Å². The maximum Gasteiger partial charge on any atom is 0.156 e. The van der Waals surface area contributed by atoms with Gasteiger partial charge in [-0.2, -0.15) is 16.9 Å². The average Bonchev–Trinajstić information content (AvgIpc) is 2.77. The van der Waals surface area contributed by atoms with Gasteiger partial charge >= 0.3 is 0 Å². The summed E-state index contributed by atoms with van der Waals surface area (Å²) >= 11 is 1.84. The van der Waals surface area contributed by atoms with Gasteiger partial charge in [0.25, 0.3) is 0 Å². The Labute approximate surface area is 116 Å². The van der Waals surface area contributed by atoms with Gasteiger partial charge in [-0.15, -0.1) is 0 Å². The summed E-state index contributed by atoms with van der Waals surface area (Å²) in [5, 5.41) is 8.86. The lowest BCUT2D eigenvalue weighted by atomic mass is 10.1. The first-order chi connectivity index (χ1) is 9.25. The molecule has 2 heterocycles. The van der Waals surface area contributed by atoms with Gasteiger partial charge in [0.2, 0.25) is 0 Å². The second-order valence-electron chi connectivity index (χ2n) is 4.81. The lowest BCUT2D eigenvalue weighted by molar-refractivity contribution is -0.120. The van der Waals surface area contributed by atoms with Crippen LogP contribution in [0.5, 0.6) is 0 Å². The van der Waals surface area contributed by atoms with Gasteiger partial charge in [0.1, 0.15) is 0 Å². The minimum absolute atomic E-state index is 0.0143. The molecule has 0 spiro atoms. The molecular weight excluding hydrogens is 258 g/mol. The second kappa shape index (κ2) is 5.35. The second-order valence-corrected chi connectivity index (χ2v) is 5.96. The van der Waals surface area contributed by atoms with Crippen molar-refractivity contribution in [1.82, 2.24) is 15.1 Å². The van der Waals surface area contributed by atoms with Crippen LogP contribution in [0.2, 0.25) is 0 Å². The standard InChI is InChI=1S/C14H17N3OS/c1-17-13-5-3-2-4-10(13)11(16-17)8-14(18)12-9-19-7-6-15-12/h2-5,12,15H,6-9H2,1H3. The van der Waals surface area contributed by atoms with Crippen molar-refractivity contribution < 1.29 is 4.79 Å². The van der Waals surface area contributed by atoms with Gasteiger partial charge in [-0.25, -0.2) is 0 Å². The van der Waals surface area contributed by atoms with E-state index in [2.05, 4.69) is 10.4 Å². The summed E-state index contributed by atoms with van der Waals surface area (Å²) in [6, 6.07) is 8.04. The van der Waals surface area contributed by atoms with Gasteiger partial charge < -0.3 is 5.32 Å². The SMILES string of the molecule is Cn1nc(CC(=O)C2CSCCN2)c2ccccc21. The Morgan fingerprint density at radius 1 is 1.53 bits per heavy atom. The molecule has 1 saturated heterocycles. The molecule has 0 aliphatic carbocycles. The molecule has 4 nitrogen and oxygen atoms in total. The number of hydrogen-bond acceptors (Lipinski definition) is 4. The minimum atomic E-state index is -0.0143. The van der Waals surface area contributed by atoms with E-state index in [4.69, 9.17) is 0 Å². The van der Waals surface area contributed by atoms with E-state index in [0.717, 1.165) is 34.6 Å².